The van der Waals surface area contributed by atoms with Gasteiger partial charge in [0, 0.05) is 12.0 Å². The number of hydrogen-bond acceptors (Lipinski definition) is 3. The second kappa shape index (κ2) is 5.61. The van der Waals surface area contributed by atoms with Gasteiger partial charge in [-0.15, -0.1) is 0 Å². The monoisotopic (exact) mass is 310 g/mol. The number of carboxylic acids is 2. The number of rotatable bonds is 3. The van der Waals surface area contributed by atoms with E-state index in [9.17, 15) is 19.8 Å². The number of aliphatic hydroxyl groups is 1. The fraction of sp³-hybridized carbons (Fsp3) is 0.111. The van der Waals surface area contributed by atoms with Gasteiger partial charge in [0.25, 0.3) is 0 Å². The summed E-state index contributed by atoms with van der Waals surface area (Å²) < 4.78 is 0. The lowest BCUT2D eigenvalue weighted by molar-refractivity contribution is -0.137. The molecule has 0 heterocycles. The third-order valence-corrected chi connectivity index (χ3v) is 4.01. The van der Waals surface area contributed by atoms with Crippen molar-refractivity contribution in [1.82, 2.24) is 0 Å². The number of aliphatic carboxylic acids is 1. The third-order valence-electron chi connectivity index (χ3n) is 4.01. The summed E-state index contributed by atoms with van der Waals surface area (Å²) in [6, 6.07) is 13.0. The molecule has 116 valence electrons. The summed E-state index contributed by atoms with van der Waals surface area (Å²) in [5, 5.41) is 29.0. The molecule has 1 aliphatic carbocycles. The molecule has 0 amide bonds. The first kappa shape index (κ1) is 14.8. The summed E-state index contributed by atoms with van der Waals surface area (Å²) in [5.74, 6) is -3.09. The van der Waals surface area contributed by atoms with Crippen LogP contribution in [0.15, 0.2) is 54.3 Å². The zero-order valence-electron chi connectivity index (χ0n) is 12.1. The maximum absolute atomic E-state index is 11.8. The van der Waals surface area contributed by atoms with Crippen LogP contribution in [0.5, 0.6) is 0 Å². The molecule has 5 heteroatoms. The van der Waals surface area contributed by atoms with Crippen molar-refractivity contribution >= 4 is 17.5 Å². The first-order valence-corrected chi connectivity index (χ1v) is 7.05. The third kappa shape index (κ3) is 2.57. The van der Waals surface area contributed by atoms with Gasteiger partial charge in [-0.3, -0.25) is 4.79 Å². The van der Waals surface area contributed by atoms with Crippen LogP contribution in [-0.4, -0.2) is 27.3 Å². The van der Waals surface area contributed by atoms with Gasteiger partial charge in [0.05, 0.1) is 5.56 Å². The van der Waals surface area contributed by atoms with Gasteiger partial charge in [-0.1, -0.05) is 36.4 Å². The van der Waals surface area contributed by atoms with E-state index in [0.717, 1.165) is 5.56 Å². The highest BCUT2D eigenvalue weighted by Gasteiger charge is 2.34. The summed E-state index contributed by atoms with van der Waals surface area (Å²) in [7, 11) is 0. The van der Waals surface area contributed by atoms with E-state index in [1.807, 2.05) is 0 Å². The predicted molar refractivity (Wildman–Crippen MR) is 83.5 cm³/mol. The van der Waals surface area contributed by atoms with Gasteiger partial charge in [-0.25, -0.2) is 4.79 Å². The van der Waals surface area contributed by atoms with Crippen LogP contribution in [-0.2, 0) is 11.2 Å². The number of aromatic carboxylic acids is 1. The molecule has 1 aliphatic rings. The molecule has 3 rings (SSSR count). The molecule has 0 fully saturated rings. The van der Waals surface area contributed by atoms with E-state index in [1.54, 1.807) is 24.3 Å². The van der Waals surface area contributed by atoms with Crippen LogP contribution in [0.4, 0.5) is 0 Å². The Bertz CT molecular complexity index is 818. The Morgan fingerprint density at radius 3 is 2.22 bits per heavy atom. The Morgan fingerprint density at radius 2 is 1.61 bits per heavy atom. The highest BCUT2D eigenvalue weighted by molar-refractivity contribution is 5.96. The molecular weight excluding hydrogens is 296 g/mol. The first-order valence-electron chi connectivity index (χ1n) is 7.05. The normalized spacial score (nSPS) is 16.8. The average molecular weight is 310 g/mol. The second-order valence-corrected chi connectivity index (χ2v) is 5.39. The predicted octanol–water partition coefficient (Wildman–Crippen LogP) is 3.08. The zero-order chi connectivity index (χ0) is 16.6. The summed E-state index contributed by atoms with van der Waals surface area (Å²) >= 11 is 0. The van der Waals surface area contributed by atoms with Gasteiger partial charge in [0.2, 0.25) is 0 Å². The molecule has 0 bridgehead atoms. The van der Waals surface area contributed by atoms with Crippen molar-refractivity contribution in [3.05, 3.63) is 76.5 Å². The number of allylic oxidation sites excluding steroid dienone is 1. The zero-order valence-corrected chi connectivity index (χ0v) is 12.1. The molecule has 0 aromatic heterocycles. The molecule has 5 nitrogen and oxygen atoms in total. The van der Waals surface area contributed by atoms with E-state index in [1.165, 1.54) is 24.3 Å². The second-order valence-electron chi connectivity index (χ2n) is 5.39. The molecule has 2 aromatic rings. The van der Waals surface area contributed by atoms with E-state index in [0.29, 0.717) is 16.7 Å². The molecule has 0 spiro atoms. The number of carboxylic acid groups (broad SMARTS) is 2. The van der Waals surface area contributed by atoms with Gasteiger partial charge in [-0.2, -0.15) is 0 Å². The maximum Gasteiger partial charge on any atom is 0.335 e. The minimum atomic E-state index is -1.06. The number of carbonyl (C=O) groups is 2. The van der Waals surface area contributed by atoms with Crippen LogP contribution >= 0.6 is 0 Å². The van der Waals surface area contributed by atoms with Crippen LogP contribution < -0.4 is 0 Å². The SMILES string of the molecule is O=C(O)c1ccc(C2=C(O)Cc3ccccc3C2C(=O)O)cc1. The van der Waals surface area contributed by atoms with Crippen molar-refractivity contribution in [3.63, 3.8) is 0 Å². The lowest BCUT2D eigenvalue weighted by Gasteiger charge is -2.26. The van der Waals surface area contributed by atoms with Crippen LogP contribution in [0, 0.1) is 0 Å². The van der Waals surface area contributed by atoms with Gasteiger partial charge in [-0.05, 0) is 28.8 Å². The average Bonchev–Trinajstić information content (AvgIpc) is 2.53. The minimum Gasteiger partial charge on any atom is -0.512 e. The molecule has 1 atom stereocenters. The van der Waals surface area contributed by atoms with Crippen molar-refractivity contribution in [3.8, 4) is 0 Å². The van der Waals surface area contributed by atoms with Gasteiger partial charge >= 0.3 is 11.9 Å². The van der Waals surface area contributed by atoms with Crippen LogP contribution in [0.3, 0.4) is 0 Å². The van der Waals surface area contributed by atoms with Gasteiger partial charge < -0.3 is 15.3 Å². The molecule has 1 unspecified atom stereocenters. The van der Waals surface area contributed by atoms with Gasteiger partial charge in [0.15, 0.2) is 0 Å². The Morgan fingerprint density at radius 1 is 0.957 bits per heavy atom. The quantitative estimate of drug-likeness (QED) is 0.810. The van der Waals surface area contributed by atoms with Crippen molar-refractivity contribution in [1.29, 1.82) is 0 Å². The summed E-state index contributed by atoms with van der Waals surface area (Å²) in [4.78, 5) is 22.7. The Hall–Kier alpha value is -3.08. The van der Waals surface area contributed by atoms with Crippen LogP contribution in [0.1, 0.15) is 33.0 Å². The molecule has 0 saturated carbocycles. The largest absolute Gasteiger partial charge is 0.512 e. The van der Waals surface area contributed by atoms with Crippen molar-refractivity contribution < 1.29 is 24.9 Å². The summed E-state index contributed by atoms with van der Waals surface area (Å²) in [6.07, 6.45) is 0.260. The van der Waals surface area contributed by atoms with E-state index >= 15 is 0 Å². The van der Waals surface area contributed by atoms with Crippen molar-refractivity contribution in [2.45, 2.75) is 12.3 Å². The molecule has 0 saturated heterocycles. The molecule has 2 aromatic carbocycles. The molecular formula is C18H14O5. The van der Waals surface area contributed by atoms with E-state index in [-0.39, 0.29) is 17.7 Å². The first-order chi connectivity index (χ1) is 11.0. The molecule has 0 radical (unpaired) electrons. The standard InChI is InChI=1S/C18H14O5/c19-14-9-12-3-1-2-4-13(12)16(18(22)23)15(14)10-5-7-11(8-6-10)17(20)21/h1-8,16,19H,9H2,(H,20,21)(H,22,23). The smallest absolute Gasteiger partial charge is 0.335 e. The molecule has 3 N–H and O–H groups in total. The number of benzene rings is 2. The topological polar surface area (TPSA) is 94.8 Å². The Labute approximate surface area is 132 Å². The Balaban J connectivity index is 2.13. The summed E-state index contributed by atoms with van der Waals surface area (Å²) in [5.41, 5.74) is 2.36. The van der Waals surface area contributed by atoms with Crippen molar-refractivity contribution in [2.24, 2.45) is 0 Å². The number of fused-ring (bicyclic) bond motifs is 1. The lowest BCUT2D eigenvalue weighted by Crippen LogP contribution is -2.21. The minimum absolute atomic E-state index is 0.000764. The van der Waals surface area contributed by atoms with E-state index in [2.05, 4.69) is 0 Å². The number of hydrogen-bond donors (Lipinski definition) is 3. The number of aliphatic hydroxyl groups excluding tert-OH is 1. The van der Waals surface area contributed by atoms with Gasteiger partial charge in [0.1, 0.15) is 11.7 Å². The summed E-state index contributed by atoms with van der Waals surface area (Å²) in [6.45, 7) is 0. The highest BCUT2D eigenvalue weighted by atomic mass is 16.4. The van der Waals surface area contributed by atoms with Crippen molar-refractivity contribution in [2.75, 3.05) is 0 Å². The van der Waals surface area contributed by atoms with E-state index < -0.39 is 17.9 Å². The van der Waals surface area contributed by atoms with Crippen LogP contribution in [0.2, 0.25) is 0 Å². The molecule has 23 heavy (non-hydrogen) atoms. The maximum atomic E-state index is 11.8. The Kier molecular flexibility index (Phi) is 3.62. The van der Waals surface area contributed by atoms with E-state index in [4.69, 9.17) is 5.11 Å². The fourth-order valence-electron chi connectivity index (χ4n) is 2.96. The van der Waals surface area contributed by atoms with Crippen LogP contribution in [0.25, 0.3) is 5.57 Å². The lowest BCUT2D eigenvalue weighted by atomic mass is 9.78. The highest BCUT2D eigenvalue weighted by Crippen LogP contribution is 2.41. The fourth-order valence-corrected chi connectivity index (χ4v) is 2.96. The molecule has 0 aliphatic heterocycles.